The van der Waals surface area contributed by atoms with E-state index >= 15 is 0 Å². The third-order valence-electron chi connectivity index (χ3n) is 7.41. The molecule has 2 heterocycles. The number of carbonyl (C=O) groups excluding carboxylic acids is 1. The molecule has 168 valence electrons. The number of carbonyl (C=O) groups is 1. The molecule has 1 aromatic heterocycles. The third kappa shape index (κ3) is 4.45. The number of nitrogens with two attached hydrogens (primary N) is 1. The highest BCUT2D eigenvalue weighted by Crippen LogP contribution is 2.37. The van der Waals surface area contributed by atoms with E-state index in [4.69, 9.17) is 10.5 Å². The molecule has 2 aliphatic rings. The number of aromatic amines is 1. The van der Waals surface area contributed by atoms with Crippen LogP contribution >= 0.6 is 0 Å². The second kappa shape index (κ2) is 9.47. The van der Waals surface area contributed by atoms with Crippen molar-refractivity contribution in [3.05, 3.63) is 71.9 Å². The Balaban J connectivity index is 1.27. The van der Waals surface area contributed by atoms with E-state index in [0.29, 0.717) is 12.5 Å². The van der Waals surface area contributed by atoms with Gasteiger partial charge in [-0.3, -0.25) is 9.69 Å². The molecule has 0 unspecified atom stereocenters. The number of nitrogens with zero attached hydrogens (tertiary/aromatic N) is 1. The van der Waals surface area contributed by atoms with Gasteiger partial charge in [-0.05, 0) is 74.2 Å². The molecule has 1 aliphatic heterocycles. The first kappa shape index (κ1) is 21.2. The maximum Gasteiger partial charge on any atom is 0.323 e. The SMILES string of the molecule is N[C@H]1CC[C@@H]([C@H](C(=O)OCc2ccccc2)N2CCC(c3c[nH]c4ccccc34)CC2)C1. The molecule has 2 aromatic carbocycles. The average molecular weight is 432 g/mol. The second-order valence-corrected chi connectivity index (χ2v) is 9.47. The van der Waals surface area contributed by atoms with Crippen LogP contribution in [0.25, 0.3) is 10.9 Å². The van der Waals surface area contributed by atoms with Gasteiger partial charge in [0.05, 0.1) is 0 Å². The summed E-state index contributed by atoms with van der Waals surface area (Å²) in [6.07, 6.45) is 7.21. The molecular weight excluding hydrogens is 398 g/mol. The minimum Gasteiger partial charge on any atom is -0.460 e. The zero-order valence-corrected chi connectivity index (χ0v) is 18.6. The molecule has 0 bridgehead atoms. The summed E-state index contributed by atoms with van der Waals surface area (Å²) in [5.74, 6) is 0.727. The molecule has 1 saturated heterocycles. The van der Waals surface area contributed by atoms with Crippen molar-refractivity contribution in [2.24, 2.45) is 11.7 Å². The number of fused-ring (bicyclic) bond motifs is 1. The van der Waals surface area contributed by atoms with Crippen molar-refractivity contribution in [1.29, 1.82) is 0 Å². The van der Waals surface area contributed by atoms with Gasteiger partial charge in [-0.15, -0.1) is 0 Å². The lowest BCUT2D eigenvalue weighted by Crippen LogP contribution is -2.49. The molecule has 1 saturated carbocycles. The van der Waals surface area contributed by atoms with Crippen molar-refractivity contribution in [3.63, 3.8) is 0 Å². The van der Waals surface area contributed by atoms with Gasteiger partial charge in [-0.2, -0.15) is 0 Å². The van der Waals surface area contributed by atoms with Crippen LogP contribution in [0.2, 0.25) is 0 Å². The van der Waals surface area contributed by atoms with Crippen LogP contribution in [0, 0.1) is 5.92 Å². The minimum atomic E-state index is -0.184. The fourth-order valence-corrected chi connectivity index (χ4v) is 5.71. The predicted octanol–water partition coefficient (Wildman–Crippen LogP) is 4.59. The second-order valence-electron chi connectivity index (χ2n) is 9.47. The van der Waals surface area contributed by atoms with Crippen LogP contribution < -0.4 is 5.73 Å². The highest BCUT2D eigenvalue weighted by Gasteiger charge is 2.40. The van der Waals surface area contributed by atoms with E-state index in [9.17, 15) is 4.79 Å². The fourth-order valence-electron chi connectivity index (χ4n) is 5.71. The lowest BCUT2D eigenvalue weighted by Gasteiger charge is -2.39. The van der Waals surface area contributed by atoms with Crippen molar-refractivity contribution >= 4 is 16.9 Å². The monoisotopic (exact) mass is 431 g/mol. The number of nitrogens with one attached hydrogen (secondary N) is 1. The van der Waals surface area contributed by atoms with Crippen molar-refractivity contribution < 1.29 is 9.53 Å². The van der Waals surface area contributed by atoms with Crippen molar-refractivity contribution in [3.8, 4) is 0 Å². The number of H-pyrrole nitrogens is 1. The molecule has 0 amide bonds. The van der Waals surface area contributed by atoms with Crippen LogP contribution in [-0.2, 0) is 16.1 Å². The van der Waals surface area contributed by atoms with Gasteiger partial charge in [0.25, 0.3) is 0 Å². The first-order chi connectivity index (χ1) is 15.7. The fraction of sp³-hybridized carbons (Fsp3) is 0.444. The minimum absolute atomic E-state index is 0.0847. The summed E-state index contributed by atoms with van der Waals surface area (Å²) in [6.45, 7) is 2.17. The van der Waals surface area contributed by atoms with Gasteiger partial charge in [-0.25, -0.2) is 0 Å². The number of rotatable bonds is 6. The molecule has 5 rings (SSSR count). The smallest absolute Gasteiger partial charge is 0.323 e. The predicted molar refractivity (Wildman–Crippen MR) is 127 cm³/mol. The van der Waals surface area contributed by atoms with E-state index in [2.05, 4.69) is 40.3 Å². The Morgan fingerprint density at radius 3 is 2.53 bits per heavy atom. The summed E-state index contributed by atoms with van der Waals surface area (Å²) in [5.41, 5.74) is 9.86. The maximum atomic E-state index is 13.3. The number of ether oxygens (including phenoxy) is 1. The number of likely N-dealkylation sites (tertiary alicyclic amines) is 1. The molecule has 1 aliphatic carbocycles. The number of hydrogen-bond acceptors (Lipinski definition) is 4. The molecule has 2 fully saturated rings. The lowest BCUT2D eigenvalue weighted by molar-refractivity contribution is -0.154. The van der Waals surface area contributed by atoms with E-state index in [1.54, 1.807) is 0 Å². The number of esters is 1. The topological polar surface area (TPSA) is 71.4 Å². The van der Waals surface area contributed by atoms with E-state index in [-0.39, 0.29) is 24.0 Å². The van der Waals surface area contributed by atoms with Gasteiger partial charge in [0, 0.05) is 23.1 Å². The van der Waals surface area contributed by atoms with Crippen LogP contribution in [0.15, 0.2) is 60.8 Å². The molecule has 3 aromatic rings. The largest absolute Gasteiger partial charge is 0.460 e. The van der Waals surface area contributed by atoms with Crippen LogP contribution in [0.3, 0.4) is 0 Å². The molecule has 3 atom stereocenters. The van der Waals surface area contributed by atoms with Crippen LogP contribution in [-0.4, -0.2) is 41.0 Å². The van der Waals surface area contributed by atoms with E-state index in [1.165, 1.54) is 16.5 Å². The third-order valence-corrected chi connectivity index (χ3v) is 7.41. The first-order valence-corrected chi connectivity index (χ1v) is 12.0. The van der Waals surface area contributed by atoms with Gasteiger partial charge in [0.2, 0.25) is 0 Å². The molecule has 32 heavy (non-hydrogen) atoms. The quantitative estimate of drug-likeness (QED) is 0.560. The Morgan fingerprint density at radius 2 is 1.78 bits per heavy atom. The highest BCUT2D eigenvalue weighted by molar-refractivity contribution is 5.83. The summed E-state index contributed by atoms with van der Waals surface area (Å²) in [7, 11) is 0. The van der Waals surface area contributed by atoms with E-state index in [1.807, 2.05) is 30.3 Å². The number of piperidine rings is 1. The van der Waals surface area contributed by atoms with Gasteiger partial charge in [-0.1, -0.05) is 48.5 Å². The van der Waals surface area contributed by atoms with Crippen molar-refractivity contribution in [1.82, 2.24) is 9.88 Å². The van der Waals surface area contributed by atoms with Crippen molar-refractivity contribution in [2.45, 2.75) is 56.7 Å². The van der Waals surface area contributed by atoms with Gasteiger partial charge < -0.3 is 15.5 Å². The van der Waals surface area contributed by atoms with Gasteiger partial charge >= 0.3 is 5.97 Å². The molecule has 0 spiro atoms. The Labute approximate surface area is 189 Å². The Morgan fingerprint density at radius 1 is 1.03 bits per heavy atom. The standard InChI is InChI=1S/C27H33N3O2/c28-22-11-10-21(16-22)26(27(31)32-18-19-6-2-1-3-7-19)30-14-12-20(13-15-30)24-17-29-25-9-5-4-8-23(24)25/h1-9,17,20-22,26,29H,10-16,18,28H2/t21-,22+,26-/m1/s1. The Kier molecular flexibility index (Phi) is 6.28. The summed E-state index contributed by atoms with van der Waals surface area (Å²) in [6, 6.07) is 18.5. The van der Waals surface area contributed by atoms with Crippen LogP contribution in [0.4, 0.5) is 0 Å². The molecule has 5 nitrogen and oxygen atoms in total. The summed E-state index contributed by atoms with van der Waals surface area (Å²) >= 11 is 0. The number of para-hydroxylation sites is 1. The Hall–Kier alpha value is -2.63. The van der Waals surface area contributed by atoms with Crippen molar-refractivity contribution in [2.75, 3.05) is 13.1 Å². The van der Waals surface area contributed by atoms with Crippen LogP contribution in [0.5, 0.6) is 0 Å². The number of hydrogen-bond donors (Lipinski definition) is 2. The molecule has 5 heteroatoms. The summed E-state index contributed by atoms with van der Waals surface area (Å²) in [4.78, 5) is 19.1. The highest BCUT2D eigenvalue weighted by atomic mass is 16.5. The molecule has 0 radical (unpaired) electrons. The van der Waals surface area contributed by atoms with Crippen LogP contribution in [0.1, 0.15) is 49.1 Å². The lowest BCUT2D eigenvalue weighted by atomic mass is 9.87. The Bertz CT molecular complexity index is 1040. The summed E-state index contributed by atoms with van der Waals surface area (Å²) < 4.78 is 5.82. The maximum absolute atomic E-state index is 13.3. The molecular formula is C27H33N3O2. The van der Waals surface area contributed by atoms with E-state index < -0.39 is 0 Å². The first-order valence-electron chi connectivity index (χ1n) is 12.0. The normalized spacial score (nSPS) is 23.4. The number of aromatic nitrogens is 1. The zero-order valence-electron chi connectivity index (χ0n) is 18.6. The van der Waals surface area contributed by atoms with Gasteiger partial charge in [0.15, 0.2) is 0 Å². The average Bonchev–Trinajstić information content (AvgIpc) is 3.45. The summed E-state index contributed by atoms with van der Waals surface area (Å²) in [5, 5.41) is 1.33. The van der Waals surface area contributed by atoms with E-state index in [0.717, 1.165) is 50.8 Å². The zero-order chi connectivity index (χ0) is 21.9. The molecule has 3 N–H and O–H groups in total. The number of benzene rings is 2. The van der Waals surface area contributed by atoms with Gasteiger partial charge in [0.1, 0.15) is 12.6 Å².